The SMILES string of the molecule is O=C(NCCCO)C(=O)N(CCO)Cc1ccccc1. The molecule has 0 heterocycles. The van der Waals surface area contributed by atoms with Crippen LogP contribution >= 0.6 is 0 Å². The highest BCUT2D eigenvalue weighted by Crippen LogP contribution is 2.04. The predicted molar refractivity (Wildman–Crippen MR) is 73.7 cm³/mol. The molecule has 110 valence electrons. The number of aliphatic hydroxyl groups excluding tert-OH is 2. The molecule has 0 unspecified atom stereocenters. The Balaban J connectivity index is 2.60. The number of carbonyl (C=O) groups is 2. The number of hydrogen-bond donors (Lipinski definition) is 3. The van der Waals surface area contributed by atoms with Gasteiger partial charge in [0.05, 0.1) is 6.61 Å². The normalized spacial score (nSPS) is 10.1. The number of nitrogens with one attached hydrogen (secondary N) is 1. The minimum absolute atomic E-state index is 0.0428. The van der Waals surface area contributed by atoms with Crippen molar-refractivity contribution in [2.75, 3.05) is 26.3 Å². The van der Waals surface area contributed by atoms with Crippen LogP contribution in [0.2, 0.25) is 0 Å². The number of amides is 2. The first kappa shape index (κ1) is 16.1. The molecule has 20 heavy (non-hydrogen) atoms. The maximum atomic E-state index is 12.0. The van der Waals surface area contributed by atoms with Crippen LogP contribution in [-0.4, -0.2) is 53.2 Å². The van der Waals surface area contributed by atoms with Gasteiger partial charge in [-0.1, -0.05) is 30.3 Å². The number of hydrogen-bond acceptors (Lipinski definition) is 4. The molecule has 0 aliphatic heterocycles. The molecule has 0 radical (unpaired) electrons. The molecular formula is C14H20N2O4. The van der Waals surface area contributed by atoms with Gasteiger partial charge < -0.3 is 20.4 Å². The molecule has 0 saturated heterocycles. The van der Waals surface area contributed by atoms with Gasteiger partial charge in [-0.05, 0) is 12.0 Å². The van der Waals surface area contributed by atoms with E-state index in [1.54, 1.807) is 0 Å². The van der Waals surface area contributed by atoms with Crippen LogP contribution in [-0.2, 0) is 16.1 Å². The van der Waals surface area contributed by atoms with Crippen molar-refractivity contribution in [3.8, 4) is 0 Å². The van der Waals surface area contributed by atoms with E-state index >= 15 is 0 Å². The van der Waals surface area contributed by atoms with Crippen molar-refractivity contribution in [3.05, 3.63) is 35.9 Å². The highest BCUT2D eigenvalue weighted by atomic mass is 16.3. The van der Waals surface area contributed by atoms with Crippen molar-refractivity contribution in [1.29, 1.82) is 0 Å². The van der Waals surface area contributed by atoms with Crippen LogP contribution in [0.3, 0.4) is 0 Å². The maximum absolute atomic E-state index is 12.0. The first-order chi connectivity index (χ1) is 9.69. The topological polar surface area (TPSA) is 89.9 Å². The lowest BCUT2D eigenvalue weighted by atomic mass is 10.2. The number of aliphatic hydroxyl groups is 2. The zero-order valence-corrected chi connectivity index (χ0v) is 11.3. The van der Waals surface area contributed by atoms with E-state index in [9.17, 15) is 9.59 Å². The van der Waals surface area contributed by atoms with Gasteiger partial charge in [0.15, 0.2) is 0 Å². The molecule has 0 atom stereocenters. The largest absolute Gasteiger partial charge is 0.396 e. The van der Waals surface area contributed by atoms with E-state index in [4.69, 9.17) is 10.2 Å². The van der Waals surface area contributed by atoms with Crippen molar-refractivity contribution in [1.82, 2.24) is 10.2 Å². The van der Waals surface area contributed by atoms with Gasteiger partial charge in [-0.25, -0.2) is 0 Å². The van der Waals surface area contributed by atoms with E-state index in [-0.39, 0.29) is 32.8 Å². The molecule has 0 saturated carbocycles. The molecule has 6 heteroatoms. The van der Waals surface area contributed by atoms with Crippen molar-refractivity contribution in [2.24, 2.45) is 0 Å². The summed E-state index contributed by atoms with van der Waals surface area (Å²) in [5.41, 5.74) is 0.887. The third-order valence-electron chi connectivity index (χ3n) is 2.69. The maximum Gasteiger partial charge on any atom is 0.312 e. The second-order valence-electron chi connectivity index (χ2n) is 4.27. The molecule has 2 amide bonds. The summed E-state index contributed by atoms with van der Waals surface area (Å²) in [6, 6.07) is 9.25. The van der Waals surface area contributed by atoms with Gasteiger partial charge in [0, 0.05) is 26.2 Å². The average molecular weight is 280 g/mol. The molecule has 1 rings (SSSR count). The molecule has 6 nitrogen and oxygen atoms in total. The zero-order valence-electron chi connectivity index (χ0n) is 11.3. The third kappa shape index (κ3) is 5.38. The van der Waals surface area contributed by atoms with Crippen molar-refractivity contribution >= 4 is 11.8 Å². The van der Waals surface area contributed by atoms with Crippen LogP contribution < -0.4 is 5.32 Å². The molecule has 0 bridgehead atoms. The van der Waals surface area contributed by atoms with Gasteiger partial charge in [0.2, 0.25) is 0 Å². The monoisotopic (exact) mass is 280 g/mol. The van der Waals surface area contributed by atoms with Gasteiger partial charge in [-0.2, -0.15) is 0 Å². The number of rotatable bonds is 7. The molecule has 3 N–H and O–H groups in total. The quantitative estimate of drug-likeness (QED) is 0.464. The average Bonchev–Trinajstić information content (AvgIpc) is 2.47. The second-order valence-corrected chi connectivity index (χ2v) is 4.27. The Morgan fingerprint density at radius 3 is 2.40 bits per heavy atom. The summed E-state index contributed by atoms with van der Waals surface area (Å²) in [5, 5.41) is 20.1. The number of carbonyl (C=O) groups excluding carboxylic acids is 2. The number of benzene rings is 1. The summed E-state index contributed by atoms with van der Waals surface area (Å²) in [4.78, 5) is 24.9. The fraction of sp³-hybridized carbons (Fsp3) is 0.429. The van der Waals surface area contributed by atoms with E-state index in [0.29, 0.717) is 6.42 Å². The molecular weight excluding hydrogens is 260 g/mol. The summed E-state index contributed by atoms with van der Waals surface area (Å²) < 4.78 is 0. The summed E-state index contributed by atoms with van der Waals surface area (Å²) in [6.07, 6.45) is 0.401. The van der Waals surface area contributed by atoms with Crippen molar-refractivity contribution in [3.63, 3.8) is 0 Å². The Labute approximate surface area is 118 Å². The molecule has 0 fully saturated rings. The van der Waals surface area contributed by atoms with Crippen molar-refractivity contribution < 1.29 is 19.8 Å². The Hall–Kier alpha value is -1.92. The summed E-state index contributed by atoms with van der Waals surface area (Å²) >= 11 is 0. The summed E-state index contributed by atoms with van der Waals surface area (Å²) in [5.74, 6) is -1.40. The van der Waals surface area contributed by atoms with E-state index in [0.717, 1.165) is 5.56 Å². The van der Waals surface area contributed by atoms with Gasteiger partial charge in [-0.15, -0.1) is 0 Å². The van der Waals surface area contributed by atoms with E-state index < -0.39 is 11.8 Å². The van der Waals surface area contributed by atoms with Crippen LogP contribution in [0, 0.1) is 0 Å². The first-order valence-electron chi connectivity index (χ1n) is 6.51. The Kier molecular flexibility index (Phi) is 7.31. The van der Waals surface area contributed by atoms with Crippen LogP contribution in [0.4, 0.5) is 0 Å². The van der Waals surface area contributed by atoms with Gasteiger partial charge >= 0.3 is 11.8 Å². The minimum atomic E-state index is -0.720. The van der Waals surface area contributed by atoms with Crippen LogP contribution in [0.15, 0.2) is 30.3 Å². The summed E-state index contributed by atoms with van der Waals surface area (Å²) in [7, 11) is 0. The standard InChI is InChI=1S/C14H20N2O4/c17-9-4-7-15-13(19)14(20)16(8-10-18)11-12-5-2-1-3-6-12/h1-3,5-6,17-18H,4,7-11H2,(H,15,19). The molecule has 0 aliphatic carbocycles. The lowest BCUT2D eigenvalue weighted by Crippen LogP contribution is -2.44. The van der Waals surface area contributed by atoms with E-state index in [1.165, 1.54) is 4.90 Å². The van der Waals surface area contributed by atoms with E-state index in [1.807, 2.05) is 30.3 Å². The highest BCUT2D eigenvalue weighted by Gasteiger charge is 2.21. The zero-order chi connectivity index (χ0) is 14.8. The van der Waals surface area contributed by atoms with Crippen LogP contribution in [0.25, 0.3) is 0 Å². The molecule has 0 spiro atoms. The number of nitrogens with zero attached hydrogens (tertiary/aromatic N) is 1. The second kappa shape index (κ2) is 9.06. The Bertz CT molecular complexity index is 422. The van der Waals surface area contributed by atoms with Gasteiger partial charge in [0.25, 0.3) is 0 Å². The fourth-order valence-corrected chi connectivity index (χ4v) is 1.68. The Morgan fingerprint density at radius 2 is 1.80 bits per heavy atom. The molecule has 0 aliphatic rings. The molecule has 1 aromatic carbocycles. The Morgan fingerprint density at radius 1 is 1.10 bits per heavy atom. The van der Waals surface area contributed by atoms with Gasteiger partial charge in [0.1, 0.15) is 0 Å². The fourth-order valence-electron chi connectivity index (χ4n) is 1.68. The van der Waals surface area contributed by atoms with E-state index in [2.05, 4.69) is 5.32 Å². The van der Waals surface area contributed by atoms with Crippen LogP contribution in [0.5, 0.6) is 0 Å². The lowest BCUT2D eigenvalue weighted by Gasteiger charge is -2.21. The third-order valence-corrected chi connectivity index (χ3v) is 2.69. The first-order valence-corrected chi connectivity index (χ1v) is 6.51. The summed E-state index contributed by atoms with van der Waals surface area (Å²) in [6.45, 7) is 0.371. The molecule has 0 aromatic heterocycles. The van der Waals surface area contributed by atoms with Crippen LogP contribution in [0.1, 0.15) is 12.0 Å². The molecule has 1 aromatic rings. The van der Waals surface area contributed by atoms with Gasteiger partial charge in [-0.3, -0.25) is 9.59 Å². The smallest absolute Gasteiger partial charge is 0.312 e. The van der Waals surface area contributed by atoms with Crippen molar-refractivity contribution in [2.45, 2.75) is 13.0 Å². The predicted octanol–water partition coefficient (Wildman–Crippen LogP) is -0.494. The lowest BCUT2D eigenvalue weighted by molar-refractivity contribution is -0.146. The minimum Gasteiger partial charge on any atom is -0.396 e. The highest BCUT2D eigenvalue weighted by molar-refractivity contribution is 6.34.